The summed E-state index contributed by atoms with van der Waals surface area (Å²) in [4.78, 5) is 26.9. The van der Waals surface area contributed by atoms with Crippen molar-refractivity contribution in [2.45, 2.75) is 25.8 Å². The van der Waals surface area contributed by atoms with Gasteiger partial charge in [-0.05, 0) is 67.1 Å². The van der Waals surface area contributed by atoms with Crippen molar-refractivity contribution < 1.29 is 14.3 Å². The molecule has 0 spiro atoms. The maximum absolute atomic E-state index is 12.4. The van der Waals surface area contributed by atoms with Crippen molar-refractivity contribution in [2.24, 2.45) is 11.7 Å². The van der Waals surface area contributed by atoms with Crippen molar-refractivity contribution >= 4 is 29.2 Å². The standard InChI is InChI=1S/C23H29N3O3S/c1-17-10-12-26(13-11-17)20(21-3-2-14-30-21)15-25-23(28)9-6-18-4-7-19(8-5-18)29-16-22(24)27/h2-9,14,17,20H,10-13,15-16H2,1H3,(H2,24,27)(H,25,28). The number of piperidine rings is 1. The molecule has 7 heteroatoms. The first-order valence-corrected chi connectivity index (χ1v) is 11.1. The molecule has 1 aromatic carbocycles. The second-order valence-corrected chi connectivity index (χ2v) is 8.63. The summed E-state index contributed by atoms with van der Waals surface area (Å²) >= 11 is 1.74. The summed E-state index contributed by atoms with van der Waals surface area (Å²) in [6.07, 6.45) is 5.71. The Balaban J connectivity index is 1.53. The van der Waals surface area contributed by atoms with E-state index in [1.165, 1.54) is 17.7 Å². The third kappa shape index (κ3) is 6.71. The molecule has 0 saturated carbocycles. The Hall–Kier alpha value is -2.64. The van der Waals surface area contributed by atoms with E-state index in [2.05, 4.69) is 34.7 Å². The van der Waals surface area contributed by atoms with Gasteiger partial charge in [0.25, 0.3) is 5.91 Å². The molecule has 1 fully saturated rings. The predicted octanol–water partition coefficient (Wildman–Crippen LogP) is 3.21. The van der Waals surface area contributed by atoms with Crippen LogP contribution in [0.2, 0.25) is 0 Å². The number of nitrogens with one attached hydrogen (secondary N) is 1. The summed E-state index contributed by atoms with van der Waals surface area (Å²) in [5.41, 5.74) is 5.94. The van der Waals surface area contributed by atoms with Gasteiger partial charge in [0.05, 0.1) is 6.04 Å². The van der Waals surface area contributed by atoms with Crippen LogP contribution in [0.3, 0.4) is 0 Å². The van der Waals surface area contributed by atoms with Crippen molar-refractivity contribution in [3.63, 3.8) is 0 Å². The Morgan fingerprint density at radius 2 is 2.00 bits per heavy atom. The van der Waals surface area contributed by atoms with Crippen molar-refractivity contribution in [3.05, 3.63) is 58.3 Å². The van der Waals surface area contributed by atoms with E-state index in [0.29, 0.717) is 12.3 Å². The van der Waals surface area contributed by atoms with Crippen LogP contribution in [0.15, 0.2) is 47.9 Å². The van der Waals surface area contributed by atoms with E-state index in [9.17, 15) is 9.59 Å². The number of primary amides is 1. The van der Waals surface area contributed by atoms with E-state index >= 15 is 0 Å². The largest absolute Gasteiger partial charge is 0.484 e. The molecule has 1 aromatic heterocycles. The zero-order valence-corrected chi connectivity index (χ0v) is 18.1. The Morgan fingerprint density at radius 3 is 2.63 bits per heavy atom. The fourth-order valence-electron chi connectivity index (χ4n) is 3.49. The predicted molar refractivity (Wildman–Crippen MR) is 120 cm³/mol. The van der Waals surface area contributed by atoms with Crippen molar-refractivity contribution in [1.82, 2.24) is 10.2 Å². The number of benzene rings is 1. The van der Waals surface area contributed by atoms with Crippen LogP contribution >= 0.6 is 11.3 Å². The van der Waals surface area contributed by atoms with Crippen LogP contribution in [0, 0.1) is 5.92 Å². The molecule has 3 rings (SSSR count). The minimum Gasteiger partial charge on any atom is -0.484 e. The monoisotopic (exact) mass is 427 g/mol. The molecule has 1 atom stereocenters. The van der Waals surface area contributed by atoms with Gasteiger partial charge < -0.3 is 15.8 Å². The topological polar surface area (TPSA) is 84.7 Å². The number of rotatable bonds is 9. The molecule has 0 radical (unpaired) electrons. The first kappa shape index (κ1) is 22.1. The summed E-state index contributed by atoms with van der Waals surface area (Å²) in [7, 11) is 0. The highest BCUT2D eigenvalue weighted by atomic mass is 32.1. The third-order valence-electron chi connectivity index (χ3n) is 5.29. The number of amides is 2. The summed E-state index contributed by atoms with van der Waals surface area (Å²) in [6, 6.07) is 11.6. The molecule has 1 unspecified atom stereocenters. The Bertz CT molecular complexity index is 841. The molecule has 30 heavy (non-hydrogen) atoms. The van der Waals surface area contributed by atoms with Crippen molar-refractivity contribution in [2.75, 3.05) is 26.2 Å². The fraction of sp³-hybridized carbons (Fsp3) is 0.391. The van der Waals surface area contributed by atoms with Gasteiger partial charge in [0.1, 0.15) is 5.75 Å². The molecule has 1 saturated heterocycles. The van der Waals surface area contributed by atoms with Crippen LogP contribution in [0.4, 0.5) is 0 Å². The van der Waals surface area contributed by atoms with Crippen LogP contribution in [0.1, 0.15) is 36.2 Å². The number of nitrogens with zero attached hydrogens (tertiary/aromatic N) is 1. The lowest BCUT2D eigenvalue weighted by Crippen LogP contribution is -2.41. The summed E-state index contributed by atoms with van der Waals surface area (Å²) < 4.78 is 5.23. The second-order valence-electron chi connectivity index (χ2n) is 7.65. The van der Waals surface area contributed by atoms with Gasteiger partial charge in [-0.3, -0.25) is 14.5 Å². The number of carbonyl (C=O) groups excluding carboxylic acids is 2. The Labute approximate surface area is 181 Å². The van der Waals surface area contributed by atoms with Gasteiger partial charge in [0.2, 0.25) is 5.91 Å². The van der Waals surface area contributed by atoms with Gasteiger partial charge >= 0.3 is 0 Å². The molecule has 2 amide bonds. The van der Waals surface area contributed by atoms with Crippen LogP contribution in [0.25, 0.3) is 6.08 Å². The molecule has 2 heterocycles. The van der Waals surface area contributed by atoms with Crippen LogP contribution in [-0.2, 0) is 9.59 Å². The maximum Gasteiger partial charge on any atom is 0.255 e. The second kappa shape index (κ2) is 10.9. The van der Waals surface area contributed by atoms with Gasteiger partial charge in [0.15, 0.2) is 6.61 Å². The number of carbonyl (C=O) groups is 2. The molecule has 1 aliphatic heterocycles. The third-order valence-corrected chi connectivity index (χ3v) is 6.26. The SMILES string of the molecule is CC1CCN(C(CNC(=O)C=Cc2ccc(OCC(N)=O)cc2)c2cccs2)CC1. The Morgan fingerprint density at radius 1 is 1.27 bits per heavy atom. The number of hydrogen-bond donors (Lipinski definition) is 2. The highest BCUT2D eigenvalue weighted by molar-refractivity contribution is 7.10. The molecule has 160 valence electrons. The summed E-state index contributed by atoms with van der Waals surface area (Å²) in [5, 5.41) is 5.15. The van der Waals surface area contributed by atoms with Gasteiger partial charge in [-0.15, -0.1) is 11.3 Å². The first-order valence-electron chi connectivity index (χ1n) is 10.3. The van der Waals surface area contributed by atoms with E-state index in [1.54, 1.807) is 35.6 Å². The van der Waals surface area contributed by atoms with Crippen molar-refractivity contribution in [1.29, 1.82) is 0 Å². The highest BCUT2D eigenvalue weighted by Gasteiger charge is 2.25. The zero-order valence-electron chi connectivity index (χ0n) is 17.3. The van der Waals surface area contributed by atoms with E-state index in [4.69, 9.17) is 10.5 Å². The molecule has 0 bridgehead atoms. The number of likely N-dealkylation sites (tertiary alicyclic amines) is 1. The molecule has 6 nitrogen and oxygen atoms in total. The molecule has 1 aliphatic rings. The molecule has 3 N–H and O–H groups in total. The average Bonchev–Trinajstić information content (AvgIpc) is 3.27. The number of ether oxygens (including phenoxy) is 1. The lowest BCUT2D eigenvalue weighted by molar-refractivity contribution is -0.120. The molecule has 0 aliphatic carbocycles. The van der Waals surface area contributed by atoms with Gasteiger partial charge in [-0.2, -0.15) is 0 Å². The quantitative estimate of drug-likeness (QED) is 0.602. The maximum atomic E-state index is 12.4. The minimum atomic E-state index is -0.518. The van der Waals surface area contributed by atoms with Crippen LogP contribution in [-0.4, -0.2) is 43.0 Å². The molecular weight excluding hydrogens is 398 g/mol. The fourth-order valence-corrected chi connectivity index (χ4v) is 4.35. The van der Waals surface area contributed by atoms with E-state index < -0.39 is 5.91 Å². The van der Waals surface area contributed by atoms with Gasteiger partial charge in [-0.1, -0.05) is 25.1 Å². The highest BCUT2D eigenvalue weighted by Crippen LogP contribution is 2.29. The Kier molecular flexibility index (Phi) is 8.04. The van der Waals surface area contributed by atoms with E-state index in [-0.39, 0.29) is 18.6 Å². The van der Waals surface area contributed by atoms with E-state index in [0.717, 1.165) is 24.6 Å². The first-order chi connectivity index (χ1) is 14.5. The number of nitrogens with two attached hydrogens (primary N) is 1. The minimum absolute atomic E-state index is 0.115. The lowest BCUT2D eigenvalue weighted by atomic mass is 9.97. The average molecular weight is 428 g/mol. The summed E-state index contributed by atoms with van der Waals surface area (Å²) in [6.45, 7) is 4.89. The molecular formula is C23H29N3O3S. The summed E-state index contributed by atoms with van der Waals surface area (Å²) in [5.74, 6) is 0.701. The van der Waals surface area contributed by atoms with Gasteiger partial charge in [-0.25, -0.2) is 0 Å². The number of hydrogen-bond acceptors (Lipinski definition) is 5. The van der Waals surface area contributed by atoms with E-state index in [1.807, 2.05) is 12.1 Å². The zero-order chi connectivity index (χ0) is 21.3. The smallest absolute Gasteiger partial charge is 0.255 e. The lowest BCUT2D eigenvalue weighted by Gasteiger charge is -2.36. The molecule has 2 aromatic rings. The van der Waals surface area contributed by atoms with Crippen LogP contribution < -0.4 is 15.8 Å². The number of thiophene rings is 1. The van der Waals surface area contributed by atoms with Gasteiger partial charge in [0, 0.05) is 17.5 Å². The van der Waals surface area contributed by atoms with Crippen LogP contribution in [0.5, 0.6) is 5.75 Å². The normalized spacial score (nSPS) is 16.4. The van der Waals surface area contributed by atoms with Crippen molar-refractivity contribution in [3.8, 4) is 5.75 Å².